The van der Waals surface area contributed by atoms with Gasteiger partial charge in [0.25, 0.3) is 5.91 Å². The minimum Gasteiger partial charge on any atom is -0.357 e. The summed E-state index contributed by atoms with van der Waals surface area (Å²) in [4.78, 5) is 32.5. The summed E-state index contributed by atoms with van der Waals surface area (Å²) in [5, 5.41) is 6.06. The Bertz CT molecular complexity index is 909. The van der Waals surface area contributed by atoms with Crippen molar-refractivity contribution in [3.8, 4) is 0 Å². The van der Waals surface area contributed by atoms with Crippen LogP contribution < -0.4 is 10.6 Å². The minimum atomic E-state index is -0.115. The summed E-state index contributed by atoms with van der Waals surface area (Å²) in [5.41, 5.74) is 2.81. The van der Waals surface area contributed by atoms with E-state index >= 15 is 0 Å². The number of aliphatic imine (C=N–C) groups is 1. The van der Waals surface area contributed by atoms with Crippen LogP contribution in [0.1, 0.15) is 28.5 Å². The number of nitrogens with zero attached hydrogens (tertiary/aromatic N) is 4. The molecule has 1 aliphatic heterocycles. The molecule has 0 spiro atoms. The number of aryl methyl sites for hydroxylation is 1. The van der Waals surface area contributed by atoms with Gasteiger partial charge in [-0.05, 0) is 36.8 Å². The number of piperazine rings is 1. The largest absolute Gasteiger partial charge is 0.357 e. The molecule has 2 aromatic rings. The monoisotopic (exact) mass is 538 g/mol. The van der Waals surface area contributed by atoms with E-state index in [0.29, 0.717) is 25.2 Å². The Morgan fingerprint density at radius 2 is 2.00 bits per heavy atom. The number of nitrogens with one attached hydrogen (secondary N) is 2. The van der Waals surface area contributed by atoms with Crippen molar-refractivity contribution in [2.45, 2.75) is 20.0 Å². The van der Waals surface area contributed by atoms with Gasteiger partial charge in [-0.2, -0.15) is 0 Å². The van der Waals surface area contributed by atoms with E-state index in [2.05, 4.69) is 26.2 Å². The van der Waals surface area contributed by atoms with Crippen molar-refractivity contribution in [2.24, 2.45) is 12.0 Å². The van der Waals surface area contributed by atoms with Gasteiger partial charge in [0.1, 0.15) is 0 Å². The molecule has 0 radical (unpaired) electrons. The third kappa shape index (κ3) is 6.71. The fourth-order valence-corrected chi connectivity index (χ4v) is 3.36. The summed E-state index contributed by atoms with van der Waals surface area (Å²) in [5.74, 6) is 0.602. The standard InChI is InChI=1S/C22H30N6O2.HI/c1-4-23-22(27(3)15-19-6-5-12-26(19)2)25-14-17-7-9-18(10-8-17)21(30)28-13-11-24-20(29)16-28;/h5-10,12H,4,11,13-16H2,1-3H3,(H,23,25)(H,24,29);1H. The lowest BCUT2D eigenvalue weighted by molar-refractivity contribution is -0.123. The summed E-state index contributed by atoms with van der Waals surface area (Å²) >= 11 is 0. The van der Waals surface area contributed by atoms with Crippen LogP contribution in [0.4, 0.5) is 0 Å². The lowest BCUT2D eigenvalue weighted by atomic mass is 10.1. The Kier molecular flexibility index (Phi) is 9.35. The van der Waals surface area contributed by atoms with E-state index in [-0.39, 0.29) is 42.3 Å². The maximum atomic E-state index is 12.6. The van der Waals surface area contributed by atoms with Crippen molar-refractivity contribution < 1.29 is 9.59 Å². The molecule has 3 rings (SSSR count). The number of benzene rings is 1. The van der Waals surface area contributed by atoms with Gasteiger partial charge < -0.3 is 25.0 Å². The number of halogens is 1. The van der Waals surface area contributed by atoms with E-state index in [1.807, 2.05) is 45.4 Å². The molecule has 8 nitrogen and oxygen atoms in total. The number of hydrogen-bond donors (Lipinski definition) is 2. The molecule has 0 unspecified atom stereocenters. The van der Waals surface area contributed by atoms with Crippen LogP contribution in [0.15, 0.2) is 47.6 Å². The number of aromatic nitrogens is 1. The first-order chi connectivity index (χ1) is 14.5. The first-order valence-electron chi connectivity index (χ1n) is 10.2. The van der Waals surface area contributed by atoms with Crippen LogP contribution in [0.25, 0.3) is 0 Å². The average molecular weight is 538 g/mol. The number of carbonyl (C=O) groups is 2. The van der Waals surface area contributed by atoms with Crippen molar-refractivity contribution in [1.82, 2.24) is 25.0 Å². The highest BCUT2D eigenvalue weighted by Gasteiger charge is 2.22. The predicted octanol–water partition coefficient (Wildman–Crippen LogP) is 1.81. The Morgan fingerprint density at radius 1 is 1.26 bits per heavy atom. The summed E-state index contributed by atoms with van der Waals surface area (Å²) < 4.78 is 2.10. The molecule has 1 aliphatic rings. The molecule has 31 heavy (non-hydrogen) atoms. The van der Waals surface area contributed by atoms with Crippen LogP contribution in [-0.2, 0) is 24.9 Å². The molecular weight excluding hydrogens is 507 g/mol. The fourth-order valence-electron chi connectivity index (χ4n) is 3.36. The zero-order valence-corrected chi connectivity index (χ0v) is 20.6. The van der Waals surface area contributed by atoms with E-state index in [1.165, 1.54) is 5.69 Å². The number of carbonyl (C=O) groups excluding carboxylic acids is 2. The van der Waals surface area contributed by atoms with Crippen LogP contribution in [0.5, 0.6) is 0 Å². The number of amides is 2. The van der Waals surface area contributed by atoms with Crippen LogP contribution >= 0.6 is 24.0 Å². The highest BCUT2D eigenvalue weighted by atomic mass is 127. The van der Waals surface area contributed by atoms with Crippen molar-refractivity contribution in [1.29, 1.82) is 0 Å². The van der Waals surface area contributed by atoms with E-state index in [4.69, 9.17) is 4.99 Å². The van der Waals surface area contributed by atoms with E-state index in [0.717, 1.165) is 24.6 Å². The van der Waals surface area contributed by atoms with E-state index in [9.17, 15) is 9.59 Å². The third-order valence-corrected chi connectivity index (χ3v) is 5.08. The Balaban J connectivity index is 0.00000341. The second kappa shape index (κ2) is 11.7. The summed E-state index contributed by atoms with van der Waals surface area (Å²) in [6, 6.07) is 11.6. The molecule has 2 amide bonds. The lowest BCUT2D eigenvalue weighted by Crippen LogP contribution is -2.49. The van der Waals surface area contributed by atoms with Gasteiger partial charge in [-0.3, -0.25) is 9.59 Å². The third-order valence-electron chi connectivity index (χ3n) is 5.08. The maximum Gasteiger partial charge on any atom is 0.254 e. The molecule has 1 aromatic heterocycles. The van der Waals surface area contributed by atoms with Crippen molar-refractivity contribution >= 4 is 41.8 Å². The summed E-state index contributed by atoms with van der Waals surface area (Å²) in [6.45, 7) is 5.26. The second-order valence-electron chi connectivity index (χ2n) is 7.41. The normalized spacial score (nSPS) is 14.0. The van der Waals surface area contributed by atoms with Crippen LogP contribution in [0.2, 0.25) is 0 Å². The molecule has 1 aromatic carbocycles. The van der Waals surface area contributed by atoms with Crippen LogP contribution in [0, 0.1) is 0 Å². The maximum absolute atomic E-state index is 12.6. The van der Waals surface area contributed by atoms with Gasteiger partial charge in [-0.25, -0.2) is 4.99 Å². The molecular formula is C22H31IN6O2. The van der Waals surface area contributed by atoms with E-state index in [1.54, 1.807) is 17.0 Å². The summed E-state index contributed by atoms with van der Waals surface area (Å²) in [6.07, 6.45) is 2.03. The zero-order valence-electron chi connectivity index (χ0n) is 18.3. The topological polar surface area (TPSA) is 82.0 Å². The minimum absolute atomic E-state index is 0. The molecule has 1 fully saturated rings. The molecule has 0 atom stereocenters. The number of hydrogen-bond acceptors (Lipinski definition) is 3. The molecule has 2 N–H and O–H groups in total. The predicted molar refractivity (Wildman–Crippen MR) is 132 cm³/mol. The highest BCUT2D eigenvalue weighted by molar-refractivity contribution is 14.0. The molecule has 168 valence electrons. The van der Waals surface area contributed by atoms with Crippen LogP contribution in [0.3, 0.4) is 0 Å². The van der Waals surface area contributed by atoms with Crippen molar-refractivity contribution in [3.63, 3.8) is 0 Å². The first-order valence-corrected chi connectivity index (χ1v) is 10.2. The van der Waals surface area contributed by atoms with Crippen LogP contribution in [-0.4, -0.2) is 65.4 Å². The second-order valence-corrected chi connectivity index (χ2v) is 7.41. The number of guanidine groups is 1. The fraction of sp³-hybridized carbons (Fsp3) is 0.409. The lowest BCUT2D eigenvalue weighted by Gasteiger charge is -2.26. The van der Waals surface area contributed by atoms with Gasteiger partial charge in [-0.1, -0.05) is 12.1 Å². The Labute approximate surface area is 200 Å². The molecule has 0 aliphatic carbocycles. The molecule has 0 bridgehead atoms. The number of rotatable bonds is 6. The Morgan fingerprint density at radius 3 is 2.61 bits per heavy atom. The molecule has 9 heteroatoms. The quantitative estimate of drug-likeness (QED) is 0.334. The van der Waals surface area contributed by atoms with Crippen molar-refractivity contribution in [2.75, 3.05) is 33.2 Å². The Hall–Kier alpha value is -2.56. The van der Waals surface area contributed by atoms with Gasteiger partial charge in [-0.15, -0.1) is 24.0 Å². The van der Waals surface area contributed by atoms with Crippen molar-refractivity contribution in [3.05, 3.63) is 59.4 Å². The molecule has 0 saturated carbocycles. The summed E-state index contributed by atoms with van der Waals surface area (Å²) in [7, 11) is 4.05. The van der Waals surface area contributed by atoms with Gasteiger partial charge in [0.15, 0.2) is 5.96 Å². The van der Waals surface area contributed by atoms with Gasteiger partial charge in [0.05, 0.1) is 19.6 Å². The van der Waals surface area contributed by atoms with E-state index < -0.39 is 0 Å². The zero-order chi connectivity index (χ0) is 21.5. The smallest absolute Gasteiger partial charge is 0.254 e. The SMILES string of the molecule is CCNC(=NCc1ccc(C(=O)N2CCNC(=O)C2)cc1)N(C)Cc1cccn1C.I. The first kappa shape index (κ1) is 24.7. The van der Waals surface area contributed by atoms with Gasteiger partial charge in [0, 0.05) is 51.2 Å². The van der Waals surface area contributed by atoms with Gasteiger partial charge in [0.2, 0.25) is 5.91 Å². The highest BCUT2D eigenvalue weighted by Crippen LogP contribution is 2.10. The molecule has 2 heterocycles. The molecule has 1 saturated heterocycles. The average Bonchev–Trinajstić information content (AvgIpc) is 3.15. The van der Waals surface area contributed by atoms with Gasteiger partial charge >= 0.3 is 0 Å².